The van der Waals surface area contributed by atoms with Crippen LogP contribution in [0.1, 0.15) is 27.8 Å². The maximum absolute atomic E-state index is 12.6. The van der Waals surface area contributed by atoms with E-state index in [1.54, 1.807) is 6.08 Å². The van der Waals surface area contributed by atoms with Gasteiger partial charge in [0, 0.05) is 10.2 Å². The number of nitrogens with zero attached hydrogens (tertiary/aromatic N) is 1. The van der Waals surface area contributed by atoms with E-state index >= 15 is 0 Å². The molecule has 0 aliphatic carbocycles. The van der Waals surface area contributed by atoms with E-state index < -0.39 is 5.91 Å². The Kier molecular flexibility index (Phi) is 6.64. The molecule has 144 valence electrons. The number of nitriles is 1. The minimum atomic E-state index is -0.404. The van der Waals surface area contributed by atoms with Gasteiger partial charge in [0.2, 0.25) is 0 Å². The molecular weight excluding hydrogens is 424 g/mol. The Morgan fingerprint density at radius 1 is 1.03 bits per heavy atom. The summed E-state index contributed by atoms with van der Waals surface area (Å²) in [6.45, 7) is 3.94. The van der Waals surface area contributed by atoms with Crippen LogP contribution in [0.3, 0.4) is 0 Å². The van der Waals surface area contributed by atoms with Crippen LogP contribution in [0, 0.1) is 25.2 Å². The molecule has 0 aliphatic heterocycles. The second-order valence-electron chi connectivity index (χ2n) is 6.88. The summed E-state index contributed by atoms with van der Waals surface area (Å²) >= 11 is 3.57. The quantitative estimate of drug-likeness (QED) is 0.375. The van der Waals surface area contributed by atoms with E-state index in [9.17, 15) is 10.1 Å². The molecule has 0 aliphatic rings. The minimum Gasteiger partial charge on any atom is -0.321 e. The van der Waals surface area contributed by atoms with Crippen LogP contribution in [0.15, 0.2) is 76.8 Å². The normalized spacial score (nSPS) is 11.0. The fraction of sp³-hybridized carbons (Fsp3) is 0.120. The van der Waals surface area contributed by atoms with Gasteiger partial charge in [-0.05, 0) is 66.3 Å². The molecule has 1 amide bonds. The first-order chi connectivity index (χ1) is 14.0. The number of aryl methyl sites for hydroxylation is 1. The van der Waals surface area contributed by atoms with Gasteiger partial charge in [0.05, 0.1) is 0 Å². The second kappa shape index (κ2) is 9.36. The molecule has 0 saturated carbocycles. The Morgan fingerprint density at radius 3 is 2.45 bits per heavy atom. The summed E-state index contributed by atoms with van der Waals surface area (Å²) in [4.78, 5) is 12.6. The Hall–Kier alpha value is -3.16. The van der Waals surface area contributed by atoms with E-state index in [0.29, 0.717) is 0 Å². The molecule has 4 heteroatoms. The molecule has 0 atom stereocenters. The molecule has 0 fully saturated rings. The SMILES string of the molecule is Cc1cccc(NC(=O)/C(C#N)=C/c2ccc(Cc3ccccc3Br)cc2)c1C. The molecule has 3 aromatic rings. The van der Waals surface area contributed by atoms with E-state index in [-0.39, 0.29) is 5.57 Å². The molecule has 29 heavy (non-hydrogen) atoms. The van der Waals surface area contributed by atoms with E-state index in [1.165, 1.54) is 5.56 Å². The molecule has 3 nitrogen and oxygen atoms in total. The van der Waals surface area contributed by atoms with Crippen LogP contribution >= 0.6 is 15.9 Å². The lowest BCUT2D eigenvalue weighted by Gasteiger charge is -2.10. The highest BCUT2D eigenvalue weighted by Crippen LogP contribution is 2.21. The number of amides is 1. The third kappa shape index (κ3) is 5.22. The number of nitrogens with one attached hydrogen (secondary N) is 1. The fourth-order valence-electron chi connectivity index (χ4n) is 2.98. The van der Waals surface area contributed by atoms with Crippen LogP contribution in [0.25, 0.3) is 6.08 Å². The van der Waals surface area contributed by atoms with Crippen molar-refractivity contribution in [1.29, 1.82) is 5.26 Å². The Bertz CT molecular complexity index is 1110. The molecule has 0 bridgehead atoms. The van der Waals surface area contributed by atoms with Crippen molar-refractivity contribution in [2.24, 2.45) is 0 Å². The van der Waals surface area contributed by atoms with E-state index in [0.717, 1.165) is 38.8 Å². The molecule has 0 aromatic heterocycles. The van der Waals surface area contributed by atoms with Crippen molar-refractivity contribution >= 4 is 33.6 Å². The highest BCUT2D eigenvalue weighted by molar-refractivity contribution is 9.10. The van der Waals surface area contributed by atoms with Crippen LogP contribution in [0.2, 0.25) is 0 Å². The zero-order valence-corrected chi connectivity index (χ0v) is 18.0. The monoisotopic (exact) mass is 444 g/mol. The Balaban J connectivity index is 1.75. The molecule has 1 N–H and O–H groups in total. The first-order valence-corrected chi connectivity index (χ1v) is 10.1. The summed E-state index contributed by atoms with van der Waals surface area (Å²) in [5.41, 5.74) is 6.06. The molecule has 3 rings (SSSR count). The summed E-state index contributed by atoms with van der Waals surface area (Å²) < 4.78 is 1.08. The average Bonchev–Trinajstić information content (AvgIpc) is 2.72. The third-order valence-corrected chi connectivity index (χ3v) is 5.63. The lowest BCUT2D eigenvalue weighted by Crippen LogP contribution is -2.14. The van der Waals surface area contributed by atoms with Gasteiger partial charge in [-0.2, -0.15) is 5.26 Å². The molecular formula is C25H21BrN2O. The molecule has 0 radical (unpaired) electrons. The van der Waals surface area contributed by atoms with Gasteiger partial charge in [-0.1, -0.05) is 70.5 Å². The first kappa shape index (κ1) is 20.6. The summed E-state index contributed by atoms with van der Waals surface area (Å²) in [5.74, 6) is -0.404. The van der Waals surface area contributed by atoms with Crippen LogP contribution in [-0.2, 0) is 11.2 Å². The predicted molar refractivity (Wildman–Crippen MR) is 122 cm³/mol. The van der Waals surface area contributed by atoms with Crippen LogP contribution in [0.5, 0.6) is 0 Å². The third-order valence-electron chi connectivity index (χ3n) is 4.86. The summed E-state index contributed by atoms with van der Waals surface area (Å²) in [7, 11) is 0. The zero-order chi connectivity index (χ0) is 20.8. The van der Waals surface area contributed by atoms with E-state index in [4.69, 9.17) is 0 Å². The molecule has 0 heterocycles. The number of carbonyl (C=O) groups is 1. The van der Waals surface area contributed by atoms with E-state index in [2.05, 4.69) is 27.3 Å². The molecule has 0 saturated heterocycles. The Labute approximate surface area is 179 Å². The minimum absolute atomic E-state index is 0.0736. The van der Waals surface area contributed by atoms with E-state index in [1.807, 2.05) is 80.6 Å². The summed E-state index contributed by atoms with van der Waals surface area (Å²) in [6, 6.07) is 23.7. The van der Waals surface area contributed by atoms with Crippen LogP contribution < -0.4 is 5.32 Å². The van der Waals surface area contributed by atoms with Gasteiger partial charge in [-0.3, -0.25) is 4.79 Å². The molecule has 0 spiro atoms. The summed E-state index contributed by atoms with van der Waals surface area (Å²) in [6.07, 6.45) is 2.42. The van der Waals surface area contributed by atoms with Gasteiger partial charge in [0.25, 0.3) is 5.91 Å². The zero-order valence-electron chi connectivity index (χ0n) is 16.4. The van der Waals surface area contributed by atoms with Gasteiger partial charge in [0.1, 0.15) is 11.6 Å². The van der Waals surface area contributed by atoms with Crippen molar-refractivity contribution in [3.63, 3.8) is 0 Å². The highest BCUT2D eigenvalue weighted by Gasteiger charge is 2.11. The topological polar surface area (TPSA) is 52.9 Å². The largest absolute Gasteiger partial charge is 0.321 e. The Morgan fingerprint density at radius 2 is 1.76 bits per heavy atom. The standard InChI is InChI=1S/C25H21BrN2O/c1-17-6-5-9-24(18(17)2)28-25(29)22(16-27)15-20-12-10-19(11-13-20)14-21-7-3-4-8-23(21)26/h3-13,15H,14H2,1-2H3,(H,28,29)/b22-15+. The number of hydrogen-bond acceptors (Lipinski definition) is 2. The van der Waals surface area contributed by atoms with Gasteiger partial charge >= 0.3 is 0 Å². The van der Waals surface area contributed by atoms with Gasteiger partial charge < -0.3 is 5.32 Å². The van der Waals surface area contributed by atoms with Crippen molar-refractivity contribution in [2.45, 2.75) is 20.3 Å². The number of anilines is 1. The summed E-state index contributed by atoms with van der Waals surface area (Å²) in [5, 5.41) is 12.3. The lowest BCUT2D eigenvalue weighted by atomic mass is 10.0. The van der Waals surface area contributed by atoms with Crippen LogP contribution in [0.4, 0.5) is 5.69 Å². The highest BCUT2D eigenvalue weighted by atomic mass is 79.9. The van der Waals surface area contributed by atoms with Gasteiger partial charge in [-0.25, -0.2) is 0 Å². The maximum atomic E-state index is 12.6. The van der Waals surface area contributed by atoms with Crippen molar-refractivity contribution in [3.05, 3.63) is 105 Å². The van der Waals surface area contributed by atoms with Crippen molar-refractivity contribution in [3.8, 4) is 6.07 Å². The smallest absolute Gasteiger partial charge is 0.266 e. The number of benzene rings is 3. The second-order valence-corrected chi connectivity index (χ2v) is 7.74. The van der Waals surface area contributed by atoms with Crippen molar-refractivity contribution < 1.29 is 4.79 Å². The molecule has 0 unspecified atom stereocenters. The average molecular weight is 445 g/mol. The van der Waals surface area contributed by atoms with Crippen molar-refractivity contribution in [1.82, 2.24) is 0 Å². The fourth-order valence-corrected chi connectivity index (χ4v) is 3.41. The van der Waals surface area contributed by atoms with Gasteiger partial charge in [-0.15, -0.1) is 0 Å². The molecule has 3 aromatic carbocycles. The van der Waals surface area contributed by atoms with Crippen molar-refractivity contribution in [2.75, 3.05) is 5.32 Å². The number of hydrogen-bond donors (Lipinski definition) is 1. The predicted octanol–water partition coefficient (Wildman–Crippen LogP) is 6.20. The number of carbonyl (C=O) groups excluding carboxylic acids is 1. The lowest BCUT2D eigenvalue weighted by molar-refractivity contribution is -0.112. The number of halogens is 1. The number of rotatable bonds is 5. The first-order valence-electron chi connectivity index (χ1n) is 9.29. The van der Waals surface area contributed by atoms with Gasteiger partial charge in [0.15, 0.2) is 0 Å². The van der Waals surface area contributed by atoms with Crippen LogP contribution in [-0.4, -0.2) is 5.91 Å². The maximum Gasteiger partial charge on any atom is 0.266 e.